The van der Waals surface area contributed by atoms with E-state index in [4.69, 9.17) is 0 Å². The molecule has 0 amide bonds. The van der Waals surface area contributed by atoms with Gasteiger partial charge in [-0.3, -0.25) is 4.79 Å². The number of hydrogen-bond acceptors (Lipinski definition) is 2. The molecule has 1 fully saturated rings. The van der Waals surface area contributed by atoms with Gasteiger partial charge in [-0.1, -0.05) is 25.8 Å². The summed E-state index contributed by atoms with van der Waals surface area (Å²) in [6.07, 6.45) is 7.41. The summed E-state index contributed by atoms with van der Waals surface area (Å²) in [5, 5.41) is 9.64. The third kappa shape index (κ3) is 2.48. The second-order valence-electron chi connectivity index (χ2n) is 6.54. The molecule has 20 heavy (non-hydrogen) atoms. The van der Waals surface area contributed by atoms with E-state index in [2.05, 4.69) is 13.0 Å². The average Bonchev–Trinajstić information content (AvgIpc) is 2.44. The van der Waals surface area contributed by atoms with Crippen molar-refractivity contribution in [2.24, 2.45) is 11.8 Å². The summed E-state index contributed by atoms with van der Waals surface area (Å²) in [4.78, 5) is 12.1. The van der Waals surface area contributed by atoms with Crippen molar-refractivity contribution >= 4 is 5.78 Å². The third-order valence-electron chi connectivity index (χ3n) is 5.26. The van der Waals surface area contributed by atoms with Gasteiger partial charge in [0.2, 0.25) is 0 Å². The van der Waals surface area contributed by atoms with Crippen LogP contribution in [-0.4, -0.2) is 10.9 Å². The Balaban J connectivity index is 1.88. The number of aromatic hydroxyl groups is 1. The Morgan fingerprint density at radius 3 is 2.95 bits per heavy atom. The van der Waals surface area contributed by atoms with Crippen LogP contribution < -0.4 is 0 Å². The van der Waals surface area contributed by atoms with Gasteiger partial charge in [-0.2, -0.15) is 0 Å². The van der Waals surface area contributed by atoms with Crippen molar-refractivity contribution in [1.82, 2.24) is 0 Å². The lowest BCUT2D eigenvalue weighted by Crippen LogP contribution is -2.35. The quantitative estimate of drug-likeness (QED) is 0.895. The number of rotatable bonds is 3. The van der Waals surface area contributed by atoms with E-state index in [1.165, 1.54) is 36.8 Å². The van der Waals surface area contributed by atoms with Crippen LogP contribution in [0.1, 0.15) is 62.5 Å². The fraction of sp³-hybridized carbons (Fsp3) is 0.611. The Bertz CT molecular complexity index is 506. The second kappa shape index (κ2) is 5.59. The van der Waals surface area contributed by atoms with Crippen molar-refractivity contribution in [2.75, 3.05) is 0 Å². The van der Waals surface area contributed by atoms with E-state index in [1.54, 1.807) is 6.07 Å². The van der Waals surface area contributed by atoms with Crippen LogP contribution >= 0.6 is 0 Å². The Morgan fingerprint density at radius 2 is 2.15 bits per heavy atom. The number of ketones is 1. The number of benzene rings is 1. The summed E-state index contributed by atoms with van der Waals surface area (Å²) >= 11 is 0. The van der Waals surface area contributed by atoms with Gasteiger partial charge in [-0.05, 0) is 60.3 Å². The molecule has 0 radical (unpaired) electrons. The van der Waals surface area contributed by atoms with Gasteiger partial charge < -0.3 is 5.11 Å². The maximum Gasteiger partial charge on any atom is 0.133 e. The molecule has 2 heteroatoms. The second-order valence-corrected chi connectivity index (χ2v) is 6.54. The Labute approximate surface area is 121 Å². The largest absolute Gasteiger partial charge is 0.508 e. The smallest absolute Gasteiger partial charge is 0.133 e. The molecule has 0 heterocycles. The highest BCUT2D eigenvalue weighted by Gasteiger charge is 2.40. The number of fused-ring (bicyclic) bond motifs is 3. The highest BCUT2D eigenvalue weighted by atomic mass is 16.3. The molecular weight excluding hydrogens is 248 g/mol. The lowest BCUT2D eigenvalue weighted by Gasteiger charge is -2.42. The van der Waals surface area contributed by atoms with Crippen LogP contribution in [-0.2, 0) is 11.2 Å². The van der Waals surface area contributed by atoms with Gasteiger partial charge in [0.25, 0.3) is 0 Å². The van der Waals surface area contributed by atoms with Crippen molar-refractivity contribution in [3.63, 3.8) is 0 Å². The van der Waals surface area contributed by atoms with Gasteiger partial charge in [0, 0.05) is 12.8 Å². The lowest BCUT2D eigenvalue weighted by atomic mass is 9.62. The van der Waals surface area contributed by atoms with Crippen molar-refractivity contribution in [2.45, 2.75) is 57.8 Å². The van der Waals surface area contributed by atoms with Crippen LogP contribution in [0, 0.1) is 11.8 Å². The zero-order chi connectivity index (χ0) is 14.1. The SMILES string of the molecule is CCCCC1CC(=O)C[C@@H]2c3ccc(O)cc3CC[C@@H]12. The Kier molecular flexibility index (Phi) is 3.82. The van der Waals surface area contributed by atoms with Gasteiger partial charge in [0.1, 0.15) is 11.5 Å². The Hall–Kier alpha value is -1.31. The minimum Gasteiger partial charge on any atom is -0.508 e. The molecule has 1 unspecified atom stereocenters. The highest BCUT2D eigenvalue weighted by molar-refractivity contribution is 5.81. The molecule has 2 nitrogen and oxygen atoms in total. The molecule has 0 bridgehead atoms. The maximum atomic E-state index is 12.1. The molecule has 0 spiro atoms. The molecule has 1 aromatic carbocycles. The average molecular weight is 272 g/mol. The minimum absolute atomic E-state index is 0.354. The standard InChI is InChI=1S/C18H24O2/c1-2-3-4-12-10-15(20)11-18-16(12)7-5-13-9-14(19)6-8-17(13)18/h6,8-9,12,16,18-19H,2-5,7,10-11H2,1H3/t12?,16-,18-/m0/s1. The van der Waals surface area contributed by atoms with E-state index in [0.717, 1.165) is 12.8 Å². The minimum atomic E-state index is 0.354. The first kappa shape index (κ1) is 13.7. The number of carbonyl (C=O) groups excluding carboxylic acids is 1. The molecule has 2 aliphatic carbocycles. The Morgan fingerprint density at radius 1 is 1.30 bits per heavy atom. The topological polar surface area (TPSA) is 37.3 Å². The fourth-order valence-corrected chi connectivity index (χ4v) is 4.30. The van der Waals surface area contributed by atoms with Crippen molar-refractivity contribution < 1.29 is 9.90 Å². The van der Waals surface area contributed by atoms with Crippen LogP contribution in [0.15, 0.2) is 18.2 Å². The van der Waals surface area contributed by atoms with Crippen LogP contribution in [0.5, 0.6) is 5.75 Å². The lowest BCUT2D eigenvalue weighted by molar-refractivity contribution is -0.123. The molecule has 2 aliphatic rings. The first-order valence-corrected chi connectivity index (χ1v) is 8.02. The van der Waals surface area contributed by atoms with Gasteiger partial charge in [-0.15, -0.1) is 0 Å². The number of phenolic OH excluding ortho intramolecular Hbond substituents is 1. The van der Waals surface area contributed by atoms with E-state index in [9.17, 15) is 9.90 Å². The monoisotopic (exact) mass is 272 g/mol. The molecule has 1 N–H and O–H groups in total. The van der Waals surface area contributed by atoms with Gasteiger partial charge >= 0.3 is 0 Å². The first-order chi connectivity index (χ1) is 9.69. The molecule has 1 aromatic rings. The van der Waals surface area contributed by atoms with Gasteiger partial charge in [0.05, 0.1) is 0 Å². The molecule has 1 saturated carbocycles. The number of phenols is 1. The van der Waals surface area contributed by atoms with Gasteiger partial charge in [-0.25, -0.2) is 0 Å². The normalized spacial score (nSPS) is 28.9. The van der Waals surface area contributed by atoms with Crippen molar-refractivity contribution in [1.29, 1.82) is 0 Å². The summed E-state index contributed by atoms with van der Waals surface area (Å²) < 4.78 is 0. The molecule has 0 aromatic heterocycles. The molecule has 3 rings (SSSR count). The highest BCUT2D eigenvalue weighted by Crippen LogP contribution is 2.48. The van der Waals surface area contributed by atoms with Crippen LogP contribution in [0.3, 0.4) is 0 Å². The zero-order valence-electron chi connectivity index (χ0n) is 12.3. The summed E-state index contributed by atoms with van der Waals surface area (Å²) in [7, 11) is 0. The summed E-state index contributed by atoms with van der Waals surface area (Å²) in [5.74, 6) is 2.46. The number of Topliss-reactive ketones (excluding diaryl/α,β-unsaturated/α-hetero) is 1. The van der Waals surface area contributed by atoms with E-state index < -0.39 is 0 Å². The number of aryl methyl sites for hydroxylation is 1. The predicted octanol–water partition coefficient (Wildman–Crippen LogP) is 4.21. The molecule has 0 aliphatic heterocycles. The van der Waals surface area contributed by atoms with Crippen LogP contribution in [0.4, 0.5) is 0 Å². The van der Waals surface area contributed by atoms with Crippen LogP contribution in [0.2, 0.25) is 0 Å². The summed E-state index contributed by atoms with van der Waals surface area (Å²) in [6.45, 7) is 2.22. The summed E-state index contributed by atoms with van der Waals surface area (Å²) in [5.41, 5.74) is 2.59. The third-order valence-corrected chi connectivity index (χ3v) is 5.26. The van der Waals surface area contributed by atoms with E-state index in [0.29, 0.717) is 35.7 Å². The fourth-order valence-electron chi connectivity index (χ4n) is 4.30. The van der Waals surface area contributed by atoms with Gasteiger partial charge in [0.15, 0.2) is 0 Å². The molecule has 0 saturated heterocycles. The van der Waals surface area contributed by atoms with Crippen molar-refractivity contribution in [3.8, 4) is 5.75 Å². The molecule has 108 valence electrons. The van der Waals surface area contributed by atoms with Crippen molar-refractivity contribution in [3.05, 3.63) is 29.3 Å². The maximum absolute atomic E-state index is 12.1. The van der Waals surface area contributed by atoms with E-state index >= 15 is 0 Å². The number of unbranched alkanes of at least 4 members (excludes halogenated alkanes) is 1. The zero-order valence-corrected chi connectivity index (χ0v) is 12.3. The van der Waals surface area contributed by atoms with E-state index in [1.807, 2.05) is 6.07 Å². The number of carbonyl (C=O) groups is 1. The van der Waals surface area contributed by atoms with E-state index in [-0.39, 0.29) is 0 Å². The first-order valence-electron chi connectivity index (χ1n) is 8.02. The predicted molar refractivity (Wildman–Crippen MR) is 79.9 cm³/mol. The molecule has 3 atom stereocenters. The number of hydrogen-bond donors (Lipinski definition) is 1. The summed E-state index contributed by atoms with van der Waals surface area (Å²) in [6, 6.07) is 5.73. The molecular formula is C18H24O2. The van der Waals surface area contributed by atoms with Crippen LogP contribution in [0.25, 0.3) is 0 Å².